The zero-order valence-electron chi connectivity index (χ0n) is 14.2. The molecule has 1 aliphatic rings. The Hall–Kier alpha value is -1.39. The van der Waals surface area contributed by atoms with Crippen molar-refractivity contribution in [1.82, 2.24) is 5.32 Å². The van der Waals surface area contributed by atoms with Gasteiger partial charge in [-0.2, -0.15) is 0 Å². The number of aliphatic hydroxyl groups excluding tert-OH is 1. The van der Waals surface area contributed by atoms with E-state index in [2.05, 4.69) is 12.2 Å². The Labute approximate surface area is 139 Å². The lowest BCUT2D eigenvalue weighted by atomic mass is 9.89. The first-order valence-corrected chi connectivity index (χ1v) is 8.68. The van der Waals surface area contributed by atoms with Crippen molar-refractivity contribution in [2.24, 2.45) is 5.92 Å². The van der Waals surface area contributed by atoms with Gasteiger partial charge in [0.25, 0.3) is 0 Å². The highest BCUT2D eigenvalue weighted by Gasteiger charge is 2.21. The molecule has 2 rings (SSSR count). The van der Waals surface area contributed by atoms with Gasteiger partial charge >= 0.3 is 0 Å². The van der Waals surface area contributed by atoms with Crippen LogP contribution in [-0.2, 0) is 9.53 Å². The monoisotopic (exact) mass is 319 g/mol. The Kier molecular flexibility index (Phi) is 7.06. The summed E-state index contributed by atoms with van der Waals surface area (Å²) in [5.74, 6) is 0.591. The fraction of sp³-hybridized carbons (Fsp3) is 0.632. The summed E-state index contributed by atoms with van der Waals surface area (Å²) < 4.78 is 5.73. The van der Waals surface area contributed by atoms with Crippen molar-refractivity contribution in [2.75, 3.05) is 6.61 Å². The van der Waals surface area contributed by atoms with Crippen molar-refractivity contribution in [3.8, 4) is 0 Å². The third-order valence-electron chi connectivity index (χ3n) is 4.51. The van der Waals surface area contributed by atoms with Crippen LogP contribution >= 0.6 is 0 Å². The largest absolute Gasteiger partial charge is 0.388 e. The van der Waals surface area contributed by atoms with Crippen LogP contribution in [0.1, 0.15) is 57.6 Å². The minimum Gasteiger partial charge on any atom is -0.388 e. The van der Waals surface area contributed by atoms with Crippen LogP contribution in [-0.4, -0.2) is 29.8 Å². The number of amides is 1. The molecule has 1 amide bonds. The summed E-state index contributed by atoms with van der Waals surface area (Å²) in [7, 11) is 0. The Bertz CT molecular complexity index is 477. The van der Waals surface area contributed by atoms with E-state index in [0.717, 1.165) is 18.4 Å². The molecule has 2 N–H and O–H groups in total. The lowest BCUT2D eigenvalue weighted by molar-refractivity contribution is -0.129. The molecule has 4 heteroatoms. The predicted octanol–water partition coefficient (Wildman–Crippen LogP) is 3.21. The van der Waals surface area contributed by atoms with Crippen LogP contribution in [0.25, 0.3) is 0 Å². The highest BCUT2D eigenvalue weighted by molar-refractivity contribution is 5.77. The average Bonchev–Trinajstić information content (AvgIpc) is 2.53. The number of hydrogen-bond donors (Lipinski definition) is 2. The van der Waals surface area contributed by atoms with Gasteiger partial charge in [-0.05, 0) is 37.7 Å². The van der Waals surface area contributed by atoms with E-state index in [-0.39, 0.29) is 24.7 Å². The molecule has 23 heavy (non-hydrogen) atoms. The quantitative estimate of drug-likeness (QED) is 0.811. The summed E-state index contributed by atoms with van der Waals surface area (Å²) >= 11 is 0. The number of nitrogens with one attached hydrogen (secondary N) is 1. The maximum atomic E-state index is 12.0. The molecule has 1 aromatic rings. The minimum absolute atomic E-state index is 0.0911. The molecule has 128 valence electrons. The van der Waals surface area contributed by atoms with Gasteiger partial charge in [-0.1, -0.05) is 50.1 Å². The molecular weight excluding hydrogens is 290 g/mol. The molecule has 0 aliphatic heterocycles. The second-order valence-electron chi connectivity index (χ2n) is 6.84. The van der Waals surface area contributed by atoms with Crippen LogP contribution in [0.2, 0.25) is 0 Å². The third kappa shape index (κ3) is 6.32. The Morgan fingerprint density at radius 3 is 2.78 bits per heavy atom. The molecular formula is C19H29NO3. The first-order chi connectivity index (χ1) is 11.0. The van der Waals surface area contributed by atoms with Gasteiger partial charge in [-0.15, -0.1) is 0 Å². The zero-order valence-corrected chi connectivity index (χ0v) is 14.2. The maximum absolute atomic E-state index is 12.0. The van der Waals surface area contributed by atoms with E-state index in [9.17, 15) is 9.90 Å². The van der Waals surface area contributed by atoms with Crippen LogP contribution in [0.15, 0.2) is 30.3 Å². The molecule has 1 aromatic carbocycles. The molecule has 1 fully saturated rings. The number of aliphatic hydroxyl groups is 1. The third-order valence-corrected chi connectivity index (χ3v) is 4.51. The molecule has 0 aromatic heterocycles. The van der Waals surface area contributed by atoms with Gasteiger partial charge in [0.05, 0.1) is 12.2 Å². The average molecular weight is 319 g/mol. The minimum atomic E-state index is -0.563. The second kappa shape index (κ2) is 9.04. The lowest BCUT2D eigenvalue weighted by Crippen LogP contribution is -2.37. The number of rotatable bonds is 7. The normalized spacial score (nSPS) is 24.0. The van der Waals surface area contributed by atoms with Crippen LogP contribution in [0.4, 0.5) is 0 Å². The van der Waals surface area contributed by atoms with Crippen LogP contribution in [0, 0.1) is 5.92 Å². The predicted molar refractivity (Wildman–Crippen MR) is 91.0 cm³/mol. The van der Waals surface area contributed by atoms with E-state index in [1.165, 1.54) is 12.8 Å². The van der Waals surface area contributed by atoms with Crippen LogP contribution < -0.4 is 5.32 Å². The SMILES string of the molecule is CC1CCCC(OCC(=O)NC(C)CC(O)c2ccccc2)C1. The molecule has 1 aliphatic carbocycles. The molecule has 4 nitrogen and oxygen atoms in total. The van der Waals surface area contributed by atoms with Crippen molar-refractivity contribution >= 4 is 5.91 Å². The van der Waals surface area contributed by atoms with Gasteiger partial charge in [-0.3, -0.25) is 4.79 Å². The molecule has 0 spiro atoms. The molecule has 0 saturated heterocycles. The summed E-state index contributed by atoms with van der Waals surface area (Å²) in [5, 5.41) is 13.1. The lowest BCUT2D eigenvalue weighted by Gasteiger charge is -2.27. The fourth-order valence-electron chi connectivity index (χ4n) is 3.24. The fourth-order valence-corrected chi connectivity index (χ4v) is 3.24. The highest BCUT2D eigenvalue weighted by Crippen LogP contribution is 2.25. The topological polar surface area (TPSA) is 58.6 Å². The van der Waals surface area contributed by atoms with Crippen molar-refractivity contribution < 1.29 is 14.6 Å². The van der Waals surface area contributed by atoms with Gasteiger partial charge in [0.2, 0.25) is 5.91 Å². The van der Waals surface area contributed by atoms with Gasteiger partial charge < -0.3 is 15.2 Å². The van der Waals surface area contributed by atoms with E-state index in [0.29, 0.717) is 12.3 Å². The molecule has 0 heterocycles. The van der Waals surface area contributed by atoms with Crippen molar-refractivity contribution in [3.05, 3.63) is 35.9 Å². The molecule has 0 bridgehead atoms. The number of carbonyl (C=O) groups is 1. The Balaban J connectivity index is 1.68. The van der Waals surface area contributed by atoms with Crippen LogP contribution in [0.3, 0.4) is 0 Å². The maximum Gasteiger partial charge on any atom is 0.246 e. The van der Waals surface area contributed by atoms with Crippen molar-refractivity contribution in [2.45, 2.75) is 64.2 Å². The summed E-state index contributed by atoms with van der Waals surface area (Å²) in [4.78, 5) is 12.0. The van der Waals surface area contributed by atoms with Crippen molar-refractivity contribution in [3.63, 3.8) is 0 Å². The highest BCUT2D eigenvalue weighted by atomic mass is 16.5. The first kappa shape index (κ1) is 18.0. The van der Waals surface area contributed by atoms with E-state index in [1.807, 2.05) is 37.3 Å². The second-order valence-corrected chi connectivity index (χ2v) is 6.84. The van der Waals surface area contributed by atoms with Gasteiger partial charge in [0, 0.05) is 6.04 Å². The molecule has 4 unspecified atom stereocenters. The molecule has 1 saturated carbocycles. The number of benzene rings is 1. The van der Waals surface area contributed by atoms with E-state index in [4.69, 9.17) is 4.74 Å². The van der Waals surface area contributed by atoms with E-state index in [1.54, 1.807) is 0 Å². The van der Waals surface area contributed by atoms with Crippen LogP contribution in [0.5, 0.6) is 0 Å². The molecule has 0 radical (unpaired) electrons. The molecule has 4 atom stereocenters. The summed E-state index contributed by atoms with van der Waals surface area (Å²) in [6.07, 6.45) is 4.71. The first-order valence-electron chi connectivity index (χ1n) is 8.68. The number of carbonyl (C=O) groups excluding carboxylic acids is 1. The number of ether oxygens (including phenoxy) is 1. The zero-order chi connectivity index (χ0) is 16.7. The van der Waals surface area contributed by atoms with Gasteiger partial charge in [0.15, 0.2) is 0 Å². The standard InChI is InChI=1S/C19H29NO3/c1-14-7-6-10-17(11-14)23-13-19(22)20-15(2)12-18(21)16-8-4-3-5-9-16/h3-5,8-9,14-15,17-18,21H,6-7,10-13H2,1-2H3,(H,20,22). The van der Waals surface area contributed by atoms with E-state index < -0.39 is 6.10 Å². The summed E-state index contributed by atoms with van der Waals surface area (Å²) in [5.41, 5.74) is 0.876. The number of hydrogen-bond acceptors (Lipinski definition) is 3. The van der Waals surface area contributed by atoms with Gasteiger partial charge in [-0.25, -0.2) is 0 Å². The summed E-state index contributed by atoms with van der Waals surface area (Å²) in [6, 6.07) is 9.43. The Morgan fingerprint density at radius 2 is 2.09 bits per heavy atom. The van der Waals surface area contributed by atoms with Crippen molar-refractivity contribution in [1.29, 1.82) is 0 Å². The summed E-state index contributed by atoms with van der Waals surface area (Å²) in [6.45, 7) is 4.26. The smallest absolute Gasteiger partial charge is 0.246 e. The van der Waals surface area contributed by atoms with E-state index >= 15 is 0 Å². The Morgan fingerprint density at radius 1 is 1.35 bits per heavy atom. The van der Waals surface area contributed by atoms with Gasteiger partial charge in [0.1, 0.15) is 6.61 Å².